The zero-order valence-electron chi connectivity index (χ0n) is 10.7. The second kappa shape index (κ2) is 5.66. The van der Waals surface area contributed by atoms with Crippen molar-refractivity contribution in [1.82, 2.24) is 9.97 Å². The van der Waals surface area contributed by atoms with E-state index in [-0.39, 0.29) is 0 Å². The second-order valence-electron chi connectivity index (χ2n) is 4.59. The van der Waals surface area contributed by atoms with Crippen molar-refractivity contribution < 1.29 is 10.1 Å². The van der Waals surface area contributed by atoms with Gasteiger partial charge in [0, 0.05) is 18.0 Å². The van der Waals surface area contributed by atoms with Crippen molar-refractivity contribution in [2.45, 2.75) is 6.10 Å². The molecule has 1 fully saturated rings. The quantitative estimate of drug-likeness (QED) is 0.494. The van der Waals surface area contributed by atoms with Gasteiger partial charge in [-0.15, -0.1) is 0 Å². The highest BCUT2D eigenvalue weighted by Crippen LogP contribution is 2.18. The first kappa shape index (κ1) is 13.2. The summed E-state index contributed by atoms with van der Waals surface area (Å²) < 4.78 is 5.15. The van der Waals surface area contributed by atoms with Gasteiger partial charge in [-0.05, 0) is 18.2 Å². The summed E-state index contributed by atoms with van der Waals surface area (Å²) in [5.41, 5.74) is 3.17. The molecule has 1 unspecified atom stereocenters. The number of allylic oxidation sites excluding steroid dienone is 1. The molecule has 1 saturated heterocycles. The molecule has 0 radical (unpaired) electrons. The van der Waals surface area contributed by atoms with Gasteiger partial charge in [0.15, 0.2) is 0 Å². The Morgan fingerprint density at radius 2 is 2.35 bits per heavy atom. The third kappa shape index (κ3) is 3.01. The van der Waals surface area contributed by atoms with E-state index in [1.807, 2.05) is 23.6 Å². The van der Waals surface area contributed by atoms with Gasteiger partial charge in [0.05, 0.1) is 23.2 Å². The number of fused-ring (bicyclic) bond motifs is 1. The molecule has 102 valence electrons. The van der Waals surface area contributed by atoms with Crippen LogP contribution < -0.4 is 5.32 Å². The fraction of sp³-hybridized carbons (Fsp3) is 0.214. The third-order valence-corrected chi connectivity index (χ3v) is 3.30. The maximum Gasteiger partial charge on any atom is 0.130 e. The first-order valence-electron chi connectivity index (χ1n) is 6.34. The third-order valence-electron chi connectivity index (χ3n) is 3.09. The predicted octanol–water partition coefficient (Wildman–Crippen LogP) is 1.24. The van der Waals surface area contributed by atoms with E-state index in [1.165, 1.54) is 6.21 Å². The molecule has 0 saturated carbocycles. The van der Waals surface area contributed by atoms with Crippen molar-refractivity contribution >= 4 is 34.4 Å². The molecular weight excluding hydrogens is 276 g/mol. The number of hydrogen-bond acceptors (Lipinski definition) is 4. The average molecular weight is 290 g/mol. The molecule has 0 aromatic carbocycles. The maximum atomic E-state index is 7.53. The Kier molecular flexibility index (Phi) is 3.73. The molecule has 3 rings (SSSR count). The minimum Gasteiger partial charge on any atom is -0.367 e. The Morgan fingerprint density at radius 1 is 1.50 bits per heavy atom. The highest BCUT2D eigenvalue weighted by molar-refractivity contribution is 6.29. The minimum atomic E-state index is 0.355. The fourth-order valence-electron chi connectivity index (χ4n) is 1.92. The highest BCUT2D eigenvalue weighted by Gasteiger charge is 2.23. The summed E-state index contributed by atoms with van der Waals surface area (Å²) in [6.07, 6.45) is 5.34. The predicted molar refractivity (Wildman–Crippen MR) is 77.8 cm³/mol. The standard InChI is InChI=1S/C14H13ClN4O/c15-14-2-1-12-13(19-14)3-9(6-18-12)10(4-16)5-17-7-11-8-20-11/h1-6,11,16-17H,7-8H2/p+1. The number of pyridine rings is 2. The molecule has 2 aromatic heterocycles. The summed E-state index contributed by atoms with van der Waals surface area (Å²) in [6.45, 7) is 1.71. The monoisotopic (exact) mass is 289 g/mol. The summed E-state index contributed by atoms with van der Waals surface area (Å²) in [4.78, 5) is 8.58. The Balaban J connectivity index is 1.87. The summed E-state index contributed by atoms with van der Waals surface area (Å²) in [6, 6.07) is 5.44. The molecule has 20 heavy (non-hydrogen) atoms. The van der Waals surface area contributed by atoms with Gasteiger partial charge < -0.3 is 15.5 Å². The van der Waals surface area contributed by atoms with Gasteiger partial charge in [0.1, 0.15) is 24.0 Å². The molecule has 0 aliphatic carbocycles. The van der Waals surface area contributed by atoms with E-state index in [2.05, 4.69) is 9.97 Å². The molecule has 3 heterocycles. The topological polar surface area (TPSA) is 78.8 Å². The Hall–Kier alpha value is -1.82. The van der Waals surface area contributed by atoms with Gasteiger partial charge in [0.2, 0.25) is 0 Å². The normalized spacial score (nSPS) is 18.2. The van der Waals surface area contributed by atoms with Crippen LogP contribution in [0.1, 0.15) is 5.56 Å². The number of nitrogens with two attached hydrogens (primary N) is 1. The molecule has 1 aliphatic rings. The number of nitrogens with zero attached hydrogens (tertiary/aromatic N) is 2. The number of hydrogen-bond donors (Lipinski definition) is 2. The van der Waals surface area contributed by atoms with Crippen molar-refractivity contribution in [2.24, 2.45) is 0 Å². The van der Waals surface area contributed by atoms with Crippen molar-refractivity contribution in [3.8, 4) is 0 Å². The molecular formula is C14H14ClN4O+. The zero-order chi connectivity index (χ0) is 13.9. The van der Waals surface area contributed by atoms with Crippen molar-refractivity contribution in [2.75, 3.05) is 13.2 Å². The number of aromatic nitrogens is 2. The van der Waals surface area contributed by atoms with E-state index in [0.29, 0.717) is 11.3 Å². The number of halogens is 1. The van der Waals surface area contributed by atoms with Gasteiger partial charge in [-0.1, -0.05) is 11.6 Å². The molecule has 3 N–H and O–H groups in total. The summed E-state index contributed by atoms with van der Waals surface area (Å²) in [7, 11) is 0. The molecule has 1 aliphatic heterocycles. The van der Waals surface area contributed by atoms with Crippen molar-refractivity contribution in [1.29, 1.82) is 5.41 Å². The van der Waals surface area contributed by atoms with E-state index < -0.39 is 0 Å². The van der Waals surface area contributed by atoms with Crippen LogP contribution in [0.4, 0.5) is 0 Å². The minimum absolute atomic E-state index is 0.355. The molecule has 1 atom stereocenters. The Bertz CT molecular complexity index is 682. The number of epoxide rings is 1. The van der Waals surface area contributed by atoms with E-state index in [0.717, 1.165) is 35.3 Å². The summed E-state index contributed by atoms with van der Waals surface area (Å²) >= 11 is 5.89. The smallest absolute Gasteiger partial charge is 0.130 e. The number of ether oxygens (including phenoxy) is 1. The van der Waals surface area contributed by atoms with Crippen LogP contribution in [0, 0.1) is 5.41 Å². The first-order valence-corrected chi connectivity index (χ1v) is 6.72. The molecule has 2 aromatic rings. The number of quaternary nitrogens is 1. The van der Waals surface area contributed by atoms with Crippen LogP contribution in [0.2, 0.25) is 5.15 Å². The first-order chi connectivity index (χ1) is 9.76. The van der Waals surface area contributed by atoms with Crippen molar-refractivity contribution in [3.63, 3.8) is 0 Å². The zero-order valence-corrected chi connectivity index (χ0v) is 11.5. The maximum absolute atomic E-state index is 7.53. The lowest BCUT2D eigenvalue weighted by molar-refractivity contribution is -0.588. The molecule has 0 spiro atoms. The van der Waals surface area contributed by atoms with E-state index in [1.54, 1.807) is 12.3 Å². The van der Waals surface area contributed by atoms with E-state index in [4.69, 9.17) is 21.7 Å². The highest BCUT2D eigenvalue weighted by atomic mass is 35.5. The Morgan fingerprint density at radius 3 is 3.10 bits per heavy atom. The average Bonchev–Trinajstić information content (AvgIpc) is 3.27. The molecule has 6 heteroatoms. The van der Waals surface area contributed by atoms with Crippen LogP contribution in [-0.2, 0) is 4.74 Å². The van der Waals surface area contributed by atoms with Crippen molar-refractivity contribution in [3.05, 3.63) is 41.3 Å². The fourth-order valence-corrected chi connectivity index (χ4v) is 2.07. The SMILES string of the molecule is N=CC(=C[NH2+]CC1CO1)c1cnc2ccc(Cl)nc2c1. The van der Waals surface area contributed by atoms with Crippen LogP contribution in [-0.4, -0.2) is 35.4 Å². The summed E-state index contributed by atoms with van der Waals surface area (Å²) in [5, 5.41) is 9.99. The summed E-state index contributed by atoms with van der Waals surface area (Å²) in [5.74, 6) is 0. The molecule has 5 nitrogen and oxygen atoms in total. The number of nitrogens with one attached hydrogen (secondary N) is 1. The van der Waals surface area contributed by atoms with Gasteiger partial charge >= 0.3 is 0 Å². The second-order valence-corrected chi connectivity index (χ2v) is 4.98. The lowest BCUT2D eigenvalue weighted by atomic mass is 10.1. The van der Waals surface area contributed by atoms with E-state index in [9.17, 15) is 0 Å². The largest absolute Gasteiger partial charge is 0.367 e. The van der Waals surface area contributed by atoms with Gasteiger partial charge in [-0.3, -0.25) is 4.98 Å². The van der Waals surface area contributed by atoms with Gasteiger partial charge in [0.25, 0.3) is 0 Å². The molecule has 0 amide bonds. The van der Waals surface area contributed by atoms with E-state index >= 15 is 0 Å². The van der Waals surface area contributed by atoms with Gasteiger partial charge in [-0.2, -0.15) is 0 Å². The molecule has 0 bridgehead atoms. The van der Waals surface area contributed by atoms with Crippen LogP contribution in [0.3, 0.4) is 0 Å². The van der Waals surface area contributed by atoms with Crippen LogP contribution in [0.5, 0.6) is 0 Å². The Labute approximate surface area is 121 Å². The number of rotatable bonds is 5. The van der Waals surface area contributed by atoms with Crippen LogP contribution in [0.15, 0.2) is 30.6 Å². The van der Waals surface area contributed by atoms with Crippen LogP contribution >= 0.6 is 11.6 Å². The van der Waals surface area contributed by atoms with Crippen LogP contribution in [0.25, 0.3) is 16.6 Å². The van der Waals surface area contributed by atoms with Gasteiger partial charge in [-0.25, -0.2) is 4.98 Å². The lowest BCUT2D eigenvalue weighted by Gasteiger charge is -2.03. The lowest BCUT2D eigenvalue weighted by Crippen LogP contribution is -2.79.